The van der Waals surface area contributed by atoms with Crippen LogP contribution in [-0.2, 0) is 36.7 Å². The molecular formula is C60H70ClN13O6S. The summed E-state index contributed by atoms with van der Waals surface area (Å²) in [7, 11) is 0. The Morgan fingerprint density at radius 3 is 1.58 bits per heavy atom. The zero-order valence-electron chi connectivity index (χ0n) is 46.7. The van der Waals surface area contributed by atoms with Gasteiger partial charge in [0, 0.05) is 41.1 Å². The van der Waals surface area contributed by atoms with Crippen LogP contribution in [0.25, 0.3) is 33.5 Å². The molecule has 6 N–H and O–H groups in total. The highest BCUT2D eigenvalue weighted by molar-refractivity contribution is 7.09. The molecule has 81 heavy (non-hydrogen) atoms. The molecule has 2 aromatic carbocycles. The second-order valence-corrected chi connectivity index (χ2v) is 23.4. The first-order valence-corrected chi connectivity index (χ1v) is 28.8. The van der Waals surface area contributed by atoms with E-state index in [0.29, 0.717) is 63.6 Å². The third-order valence-electron chi connectivity index (χ3n) is 15.0. The zero-order chi connectivity index (χ0) is 57.7. The highest BCUT2D eigenvalue weighted by Gasteiger charge is 2.35. The van der Waals surface area contributed by atoms with E-state index in [-0.39, 0.29) is 48.6 Å². The SMILES string of the molecule is CCC(O)(CC(=O)Nc1nc2ccc(Cl)nc2n1C1CCC1)c1ccccc1.CCC(O)(CC(=O)Nc1nc2cccnc2n1C1CCC1)c1ccccc1.Cc1ccc2nc(NC(=O)C[C@](C)(O)c3nccs3)n(C(C)(C)C)c2n1. The van der Waals surface area contributed by atoms with Gasteiger partial charge in [-0.2, -0.15) is 0 Å². The molecule has 0 spiro atoms. The Bertz CT molecular complexity index is 3650. The normalized spacial score (nSPS) is 15.9. The molecule has 424 valence electrons. The number of benzene rings is 2. The number of aromatic nitrogens is 10. The summed E-state index contributed by atoms with van der Waals surface area (Å²) in [6, 6.07) is 30.2. The number of fused-ring (bicyclic) bond motifs is 3. The van der Waals surface area contributed by atoms with Crippen molar-refractivity contribution in [3.05, 3.63) is 142 Å². The van der Waals surface area contributed by atoms with Crippen molar-refractivity contribution in [1.29, 1.82) is 0 Å². The smallest absolute Gasteiger partial charge is 0.230 e. The van der Waals surface area contributed by atoms with Gasteiger partial charge >= 0.3 is 0 Å². The number of aryl methyl sites for hydroxylation is 1. The minimum atomic E-state index is -1.33. The number of rotatable bonds is 16. The van der Waals surface area contributed by atoms with E-state index < -0.39 is 16.8 Å². The van der Waals surface area contributed by atoms with Crippen LogP contribution in [0.4, 0.5) is 17.8 Å². The van der Waals surface area contributed by atoms with Gasteiger partial charge in [0.2, 0.25) is 35.6 Å². The van der Waals surface area contributed by atoms with Crippen molar-refractivity contribution >= 4 is 92.0 Å². The van der Waals surface area contributed by atoms with Crippen molar-refractivity contribution in [2.75, 3.05) is 16.0 Å². The number of hydrogen-bond donors (Lipinski definition) is 6. The monoisotopic (exact) mass is 1140 g/mol. The molecule has 2 fully saturated rings. The summed E-state index contributed by atoms with van der Waals surface area (Å²) in [5, 5.41) is 44.0. The largest absolute Gasteiger partial charge is 0.385 e. The minimum absolute atomic E-state index is 0.0190. The van der Waals surface area contributed by atoms with Gasteiger partial charge in [0.1, 0.15) is 32.3 Å². The molecule has 7 aromatic heterocycles. The van der Waals surface area contributed by atoms with Crippen LogP contribution < -0.4 is 16.0 Å². The molecular weight excluding hydrogens is 1070 g/mol. The predicted molar refractivity (Wildman–Crippen MR) is 316 cm³/mol. The predicted octanol–water partition coefficient (Wildman–Crippen LogP) is 11.4. The molecule has 7 heterocycles. The topological polar surface area (TPSA) is 253 Å². The second-order valence-electron chi connectivity index (χ2n) is 22.1. The van der Waals surface area contributed by atoms with E-state index in [2.05, 4.69) is 50.8 Å². The number of carbonyl (C=O) groups is 3. The van der Waals surface area contributed by atoms with E-state index in [1.54, 1.807) is 30.8 Å². The highest BCUT2D eigenvalue weighted by Crippen LogP contribution is 2.39. The van der Waals surface area contributed by atoms with Crippen molar-refractivity contribution in [3.63, 3.8) is 0 Å². The lowest BCUT2D eigenvalue weighted by molar-refractivity contribution is -0.122. The molecule has 2 aliphatic carbocycles. The standard InChI is InChI=1S/C21H23ClN4O2.C21H24N4O2.C18H23N5O2S/c1-2-21(28,14-7-4-3-5-8-14)13-18(27)25-20-23-16-11-12-17(22)24-19(16)26(20)15-9-6-10-15;1-2-21(27,15-8-4-3-5-9-15)14-18(26)24-20-23-17-12-7-13-22-19(17)25(20)16-10-6-11-16;1-11-6-7-12-14(20-11)23(17(2,3)4)16(21-12)22-13(24)10-18(5,25)15-19-8-9-26-15/h3-5,7-8,11-12,15,28H,2,6,9-10,13H2,1H3,(H,23,25,27);3-5,7-9,12-13,16,27H,2,6,10-11,14H2,1H3,(H,23,24,26);6-9,25H,10H2,1-5H3,(H,21,22,24)/t;;18-/m..0/s1. The van der Waals surface area contributed by atoms with Crippen LogP contribution in [0.3, 0.4) is 0 Å². The summed E-state index contributed by atoms with van der Waals surface area (Å²) < 4.78 is 5.91. The third kappa shape index (κ3) is 13.2. The van der Waals surface area contributed by atoms with Gasteiger partial charge in [-0.05, 0) is 134 Å². The van der Waals surface area contributed by atoms with Crippen molar-refractivity contribution in [2.24, 2.45) is 0 Å². The molecule has 3 atom stereocenters. The zero-order valence-corrected chi connectivity index (χ0v) is 48.3. The van der Waals surface area contributed by atoms with Gasteiger partial charge in [0.15, 0.2) is 16.9 Å². The van der Waals surface area contributed by atoms with Gasteiger partial charge in [0.05, 0.1) is 30.5 Å². The Balaban J connectivity index is 0.000000147. The fourth-order valence-corrected chi connectivity index (χ4v) is 10.9. The van der Waals surface area contributed by atoms with Crippen LogP contribution in [0, 0.1) is 6.92 Å². The summed E-state index contributed by atoms with van der Waals surface area (Å²) in [4.78, 5) is 69.4. The molecule has 3 amide bonds. The molecule has 19 nitrogen and oxygen atoms in total. The van der Waals surface area contributed by atoms with Crippen LogP contribution in [0.15, 0.2) is 115 Å². The lowest BCUT2D eigenvalue weighted by Crippen LogP contribution is -2.32. The quantitative estimate of drug-likeness (QED) is 0.0493. The average molecular weight is 1140 g/mol. The number of imidazole rings is 3. The number of halogens is 1. The first kappa shape index (κ1) is 58.2. The summed E-state index contributed by atoms with van der Waals surface area (Å²) in [6.07, 6.45) is 10.5. The maximum absolute atomic E-state index is 12.8. The molecule has 9 aromatic rings. The Hall–Kier alpha value is -7.49. The maximum atomic E-state index is 12.8. The van der Waals surface area contributed by atoms with E-state index in [1.807, 2.05) is 146 Å². The van der Waals surface area contributed by atoms with Gasteiger partial charge in [-0.15, -0.1) is 11.3 Å². The molecule has 0 radical (unpaired) electrons. The molecule has 2 saturated carbocycles. The molecule has 0 aliphatic heterocycles. The van der Waals surface area contributed by atoms with Crippen LogP contribution in [0.5, 0.6) is 0 Å². The lowest BCUT2D eigenvalue weighted by atomic mass is 9.87. The Labute approximate surface area is 479 Å². The molecule has 21 heteroatoms. The van der Waals surface area contributed by atoms with Crippen molar-refractivity contribution in [3.8, 4) is 0 Å². The maximum Gasteiger partial charge on any atom is 0.230 e. The molecule has 0 saturated heterocycles. The highest BCUT2D eigenvalue weighted by atomic mass is 35.5. The number of nitrogens with zero attached hydrogens (tertiary/aromatic N) is 10. The number of amides is 3. The summed E-state index contributed by atoms with van der Waals surface area (Å²) in [5.41, 5.74) is 2.67. The fourth-order valence-electron chi connectivity index (χ4n) is 10.1. The number of aliphatic hydroxyl groups is 3. The van der Waals surface area contributed by atoms with Crippen molar-refractivity contribution < 1.29 is 29.7 Å². The third-order valence-corrected chi connectivity index (χ3v) is 16.2. The van der Waals surface area contributed by atoms with Crippen molar-refractivity contribution in [2.45, 2.75) is 154 Å². The summed E-state index contributed by atoms with van der Waals surface area (Å²) in [6.45, 7) is 13.3. The number of anilines is 3. The lowest BCUT2D eigenvalue weighted by Gasteiger charge is -2.29. The van der Waals surface area contributed by atoms with Crippen molar-refractivity contribution in [1.82, 2.24) is 48.6 Å². The molecule has 11 rings (SSSR count). The molecule has 2 unspecified atom stereocenters. The van der Waals surface area contributed by atoms with Gasteiger partial charge in [-0.25, -0.2) is 34.9 Å². The fraction of sp³-hybridized carbons (Fsp3) is 0.400. The molecule has 0 bridgehead atoms. The number of pyridine rings is 3. The van der Waals surface area contributed by atoms with E-state index in [9.17, 15) is 29.7 Å². The summed E-state index contributed by atoms with van der Waals surface area (Å²) >= 11 is 7.39. The van der Waals surface area contributed by atoms with Gasteiger partial charge in [-0.1, -0.05) is 86.1 Å². The Morgan fingerprint density at radius 1 is 0.580 bits per heavy atom. The Kier molecular flexibility index (Phi) is 17.5. The first-order valence-electron chi connectivity index (χ1n) is 27.5. The van der Waals surface area contributed by atoms with E-state index in [4.69, 9.17) is 11.6 Å². The number of thiazole rings is 1. The number of carbonyl (C=O) groups excluding carboxylic acids is 3. The summed E-state index contributed by atoms with van der Waals surface area (Å²) in [5.74, 6) is 0.540. The van der Waals surface area contributed by atoms with Gasteiger partial charge in [-0.3, -0.25) is 44.0 Å². The van der Waals surface area contributed by atoms with Crippen LogP contribution in [-0.4, -0.2) is 81.6 Å². The van der Waals surface area contributed by atoms with Crippen LogP contribution in [0.2, 0.25) is 5.15 Å². The van der Waals surface area contributed by atoms with E-state index >= 15 is 0 Å². The van der Waals surface area contributed by atoms with E-state index in [1.165, 1.54) is 17.8 Å². The van der Waals surface area contributed by atoms with Gasteiger partial charge in [0.25, 0.3) is 0 Å². The first-order chi connectivity index (χ1) is 38.7. The minimum Gasteiger partial charge on any atom is -0.385 e. The molecule has 2 aliphatic rings. The number of nitrogens with one attached hydrogen (secondary N) is 3. The average Bonchev–Trinajstić information content (AvgIpc) is 4.17. The van der Waals surface area contributed by atoms with Crippen LogP contribution in [0.1, 0.15) is 146 Å². The van der Waals surface area contributed by atoms with Gasteiger partial charge < -0.3 is 15.3 Å². The van der Waals surface area contributed by atoms with Crippen LogP contribution >= 0.6 is 22.9 Å². The van der Waals surface area contributed by atoms with E-state index in [0.717, 1.165) is 65.7 Å². The second kappa shape index (κ2) is 24.3. The number of hydrogen-bond acceptors (Lipinski definition) is 14. The Morgan fingerprint density at radius 2 is 1.07 bits per heavy atom.